The maximum absolute atomic E-state index is 11.1. The molecule has 7 rings (SSSR count). The molecule has 0 N–H and O–H groups in total. The average Bonchev–Trinajstić information content (AvgIpc) is 3.42. The predicted octanol–water partition coefficient (Wildman–Crippen LogP) is 6.75. The molecule has 1 aliphatic heterocycles. The smallest absolute Gasteiger partial charge is 0.269 e. The SMILES string of the molecule is O=[N+]([O-])c1ccc(-c2nc3c4c(ncn3n2)OC2=C(CCC/C2=C\c2ccccc2)C4c2ccccc2)cc1. The minimum atomic E-state index is -0.418. The highest BCUT2D eigenvalue weighted by atomic mass is 16.6. The van der Waals surface area contributed by atoms with Crippen molar-refractivity contribution in [1.82, 2.24) is 19.6 Å². The van der Waals surface area contributed by atoms with E-state index in [1.807, 2.05) is 36.4 Å². The third-order valence-electron chi connectivity index (χ3n) is 7.31. The number of hydrogen-bond donors (Lipinski definition) is 0. The van der Waals surface area contributed by atoms with Crippen molar-refractivity contribution in [3.8, 4) is 17.3 Å². The lowest BCUT2D eigenvalue weighted by atomic mass is 9.77. The third-order valence-corrected chi connectivity index (χ3v) is 7.31. The molecule has 0 bridgehead atoms. The highest BCUT2D eigenvalue weighted by molar-refractivity contribution is 5.69. The monoisotopic (exact) mass is 513 g/mol. The van der Waals surface area contributed by atoms with Crippen molar-refractivity contribution >= 4 is 17.4 Å². The maximum atomic E-state index is 11.1. The summed E-state index contributed by atoms with van der Waals surface area (Å²) in [6.45, 7) is 0. The summed E-state index contributed by atoms with van der Waals surface area (Å²) in [5.74, 6) is 1.81. The molecule has 1 atom stereocenters. The van der Waals surface area contributed by atoms with Crippen molar-refractivity contribution < 1.29 is 9.66 Å². The summed E-state index contributed by atoms with van der Waals surface area (Å²) >= 11 is 0. The van der Waals surface area contributed by atoms with Crippen LogP contribution in [-0.4, -0.2) is 24.5 Å². The highest BCUT2D eigenvalue weighted by Crippen LogP contribution is 2.49. The van der Waals surface area contributed by atoms with Gasteiger partial charge in [0.05, 0.1) is 10.5 Å². The fraction of sp³-hybridized carbons (Fsp3) is 0.129. The number of aromatic nitrogens is 4. The van der Waals surface area contributed by atoms with Crippen LogP contribution in [0.1, 0.15) is 41.9 Å². The summed E-state index contributed by atoms with van der Waals surface area (Å²) in [4.78, 5) is 20.3. The maximum Gasteiger partial charge on any atom is 0.269 e. The number of nitro groups is 1. The number of benzene rings is 3. The number of nitro benzene ring substituents is 1. The second-order valence-electron chi connectivity index (χ2n) is 9.70. The van der Waals surface area contributed by atoms with Gasteiger partial charge in [0.2, 0.25) is 5.88 Å². The molecule has 0 amide bonds. The van der Waals surface area contributed by atoms with Gasteiger partial charge in [-0.25, -0.2) is 14.5 Å². The standard InChI is InChI=1S/C31H23N5O3/c37-36(38)24-16-14-22(15-17-24)29-33-30-27-26(21-10-5-2-6-11-21)25-13-7-12-23(18-20-8-3-1-4-9-20)28(25)39-31(27)32-19-35(30)34-29/h1-6,8-11,14-19,26H,7,12-13H2/b23-18+. The summed E-state index contributed by atoms with van der Waals surface area (Å²) in [5, 5.41) is 15.8. The lowest BCUT2D eigenvalue weighted by Gasteiger charge is -2.34. The minimum absolute atomic E-state index is 0.0234. The van der Waals surface area contributed by atoms with Gasteiger partial charge in [-0.1, -0.05) is 60.7 Å². The second kappa shape index (κ2) is 9.33. The van der Waals surface area contributed by atoms with E-state index in [4.69, 9.17) is 9.72 Å². The van der Waals surface area contributed by atoms with Crippen molar-refractivity contribution in [3.05, 3.63) is 135 Å². The van der Waals surface area contributed by atoms with E-state index in [9.17, 15) is 10.1 Å². The third kappa shape index (κ3) is 4.06. The molecular weight excluding hydrogens is 490 g/mol. The van der Waals surface area contributed by atoms with Crippen LogP contribution in [-0.2, 0) is 0 Å². The molecule has 39 heavy (non-hydrogen) atoms. The van der Waals surface area contributed by atoms with E-state index >= 15 is 0 Å². The molecule has 2 aliphatic rings. The Hall–Kier alpha value is -5.11. The van der Waals surface area contributed by atoms with E-state index < -0.39 is 4.92 Å². The topological polar surface area (TPSA) is 95.5 Å². The van der Waals surface area contributed by atoms with Crippen molar-refractivity contribution in [1.29, 1.82) is 0 Å². The van der Waals surface area contributed by atoms with E-state index in [0.29, 0.717) is 22.9 Å². The normalized spacial score (nSPS) is 17.5. The Morgan fingerprint density at radius 3 is 2.44 bits per heavy atom. The summed E-state index contributed by atoms with van der Waals surface area (Å²) in [5.41, 5.74) is 6.93. The predicted molar refractivity (Wildman–Crippen MR) is 147 cm³/mol. The number of hydrogen-bond acceptors (Lipinski definition) is 6. The summed E-state index contributed by atoms with van der Waals surface area (Å²) < 4.78 is 8.25. The summed E-state index contributed by atoms with van der Waals surface area (Å²) in [6.07, 6.45) is 6.70. The van der Waals surface area contributed by atoms with Crippen molar-refractivity contribution in [2.24, 2.45) is 0 Å². The van der Waals surface area contributed by atoms with Gasteiger partial charge < -0.3 is 4.74 Å². The fourth-order valence-electron chi connectivity index (χ4n) is 5.53. The van der Waals surface area contributed by atoms with Crippen molar-refractivity contribution in [2.75, 3.05) is 0 Å². The molecule has 2 aromatic heterocycles. The second-order valence-corrected chi connectivity index (χ2v) is 9.70. The highest BCUT2D eigenvalue weighted by Gasteiger charge is 2.37. The Bertz CT molecular complexity index is 1770. The van der Waals surface area contributed by atoms with Crippen LogP contribution in [0, 0.1) is 10.1 Å². The Kier molecular flexibility index (Phi) is 5.51. The van der Waals surface area contributed by atoms with Crippen LogP contribution in [0.5, 0.6) is 5.88 Å². The first-order valence-corrected chi connectivity index (χ1v) is 12.9. The van der Waals surface area contributed by atoms with Crippen LogP contribution in [0.2, 0.25) is 0 Å². The molecule has 5 aromatic rings. The lowest BCUT2D eigenvalue weighted by molar-refractivity contribution is -0.384. The summed E-state index contributed by atoms with van der Waals surface area (Å²) in [7, 11) is 0. The number of allylic oxidation sites excluding steroid dienone is 2. The molecule has 1 unspecified atom stereocenters. The quantitative estimate of drug-likeness (QED) is 0.195. The van der Waals surface area contributed by atoms with E-state index in [0.717, 1.165) is 41.7 Å². The zero-order chi connectivity index (χ0) is 26.3. The molecule has 0 fully saturated rings. The number of rotatable bonds is 4. The Morgan fingerprint density at radius 2 is 1.69 bits per heavy atom. The van der Waals surface area contributed by atoms with Gasteiger partial charge in [-0.3, -0.25) is 10.1 Å². The van der Waals surface area contributed by atoms with Gasteiger partial charge in [-0.15, -0.1) is 5.10 Å². The van der Waals surface area contributed by atoms with Gasteiger partial charge in [0.25, 0.3) is 5.69 Å². The van der Waals surface area contributed by atoms with Gasteiger partial charge >= 0.3 is 0 Å². The first kappa shape index (κ1) is 23.0. The first-order valence-electron chi connectivity index (χ1n) is 12.9. The minimum Gasteiger partial charge on any atom is -0.438 e. The largest absolute Gasteiger partial charge is 0.438 e. The number of fused-ring (bicyclic) bond motifs is 3. The van der Waals surface area contributed by atoms with Gasteiger partial charge in [-0.05, 0) is 59.7 Å². The Balaban J connectivity index is 1.40. The van der Waals surface area contributed by atoms with Crippen LogP contribution in [0.15, 0.2) is 108 Å². The average molecular weight is 514 g/mol. The van der Waals surface area contributed by atoms with Gasteiger partial charge in [-0.2, -0.15) is 0 Å². The van der Waals surface area contributed by atoms with Crippen LogP contribution in [0.3, 0.4) is 0 Å². The van der Waals surface area contributed by atoms with E-state index in [1.165, 1.54) is 23.3 Å². The van der Waals surface area contributed by atoms with Crippen molar-refractivity contribution in [3.63, 3.8) is 0 Å². The lowest BCUT2D eigenvalue weighted by Crippen LogP contribution is -2.22. The molecule has 190 valence electrons. The molecule has 0 saturated carbocycles. The van der Waals surface area contributed by atoms with E-state index in [1.54, 1.807) is 23.0 Å². The van der Waals surface area contributed by atoms with Gasteiger partial charge in [0.15, 0.2) is 11.5 Å². The molecule has 8 nitrogen and oxygen atoms in total. The first-order chi connectivity index (χ1) is 19.2. The molecule has 1 aliphatic carbocycles. The Labute approximate surface area is 224 Å². The fourth-order valence-corrected chi connectivity index (χ4v) is 5.53. The van der Waals surface area contributed by atoms with Crippen LogP contribution in [0.25, 0.3) is 23.1 Å². The molecule has 0 spiro atoms. The molecule has 3 aromatic carbocycles. The van der Waals surface area contributed by atoms with E-state index in [2.05, 4.69) is 40.4 Å². The van der Waals surface area contributed by atoms with Gasteiger partial charge in [0.1, 0.15) is 12.1 Å². The Morgan fingerprint density at radius 1 is 0.949 bits per heavy atom. The zero-order valence-electron chi connectivity index (χ0n) is 20.9. The molecule has 0 saturated heterocycles. The number of non-ortho nitro benzene ring substituents is 1. The molecule has 0 radical (unpaired) electrons. The molecule has 3 heterocycles. The van der Waals surface area contributed by atoms with E-state index in [-0.39, 0.29) is 11.6 Å². The van der Waals surface area contributed by atoms with Crippen molar-refractivity contribution in [2.45, 2.75) is 25.2 Å². The summed E-state index contributed by atoms with van der Waals surface area (Å²) in [6, 6.07) is 27.0. The van der Waals surface area contributed by atoms with Crippen LogP contribution >= 0.6 is 0 Å². The number of nitrogens with zero attached hydrogens (tertiary/aromatic N) is 5. The zero-order valence-corrected chi connectivity index (χ0v) is 20.9. The molecule has 8 heteroatoms. The molecular formula is C31H23N5O3. The van der Waals surface area contributed by atoms with Gasteiger partial charge in [0, 0.05) is 23.6 Å². The van der Waals surface area contributed by atoms with Crippen LogP contribution < -0.4 is 4.74 Å². The van der Waals surface area contributed by atoms with Crippen LogP contribution in [0.4, 0.5) is 5.69 Å². The number of ether oxygens (including phenoxy) is 1.